The molecule has 0 spiro atoms. The number of nitrogens with zero attached hydrogens (tertiary/aromatic N) is 1. The van der Waals surface area contributed by atoms with Crippen molar-refractivity contribution in [3.8, 4) is 11.5 Å². The number of pyridine rings is 1. The number of allylic oxidation sites excluding steroid dienone is 1. The Morgan fingerprint density at radius 1 is 1.17 bits per heavy atom. The first-order valence-electron chi connectivity index (χ1n) is 5.61. The molecule has 1 aliphatic carbocycles. The standard InChI is InChI=1S/C14H11ClN2O/c15-13-4-2-9-1-3-10(7-12(9)13)18-11-5-6-17-14(16)8-11/h1,3-8H,2H2,(H2,16,17). The van der Waals surface area contributed by atoms with Crippen LogP contribution in [0.15, 0.2) is 42.6 Å². The van der Waals surface area contributed by atoms with Crippen LogP contribution < -0.4 is 10.5 Å². The molecular weight excluding hydrogens is 248 g/mol. The predicted molar refractivity (Wildman–Crippen MR) is 72.7 cm³/mol. The van der Waals surface area contributed by atoms with E-state index in [4.69, 9.17) is 22.1 Å². The number of halogens is 1. The molecule has 2 N–H and O–H groups in total. The molecule has 0 amide bonds. The highest BCUT2D eigenvalue weighted by Crippen LogP contribution is 2.34. The van der Waals surface area contributed by atoms with Crippen LogP contribution in [0.2, 0.25) is 0 Å². The summed E-state index contributed by atoms with van der Waals surface area (Å²) in [6.07, 6.45) is 4.50. The van der Waals surface area contributed by atoms with Crippen molar-refractivity contribution >= 4 is 22.5 Å². The van der Waals surface area contributed by atoms with E-state index in [0.717, 1.165) is 22.8 Å². The summed E-state index contributed by atoms with van der Waals surface area (Å²) < 4.78 is 5.73. The number of hydrogen-bond acceptors (Lipinski definition) is 3. The van der Waals surface area contributed by atoms with Gasteiger partial charge in [0.1, 0.15) is 17.3 Å². The maximum absolute atomic E-state index is 6.12. The summed E-state index contributed by atoms with van der Waals surface area (Å²) in [6, 6.07) is 9.35. The number of nitrogens with two attached hydrogens (primary N) is 1. The second kappa shape index (κ2) is 4.35. The van der Waals surface area contributed by atoms with Crippen LogP contribution in [0.3, 0.4) is 0 Å². The Morgan fingerprint density at radius 2 is 2.00 bits per heavy atom. The molecule has 0 fully saturated rings. The maximum Gasteiger partial charge on any atom is 0.132 e. The summed E-state index contributed by atoms with van der Waals surface area (Å²) in [4.78, 5) is 3.92. The molecule has 1 aliphatic rings. The lowest BCUT2D eigenvalue weighted by Crippen LogP contribution is -1.91. The molecule has 0 saturated heterocycles. The van der Waals surface area contributed by atoms with Crippen molar-refractivity contribution in [3.05, 3.63) is 53.7 Å². The van der Waals surface area contributed by atoms with Crippen molar-refractivity contribution in [2.45, 2.75) is 6.42 Å². The number of nitrogen functional groups attached to an aromatic ring is 1. The largest absolute Gasteiger partial charge is 0.457 e. The summed E-state index contributed by atoms with van der Waals surface area (Å²) in [7, 11) is 0. The van der Waals surface area contributed by atoms with E-state index in [9.17, 15) is 0 Å². The van der Waals surface area contributed by atoms with Crippen LogP contribution in [0.5, 0.6) is 11.5 Å². The molecule has 4 heteroatoms. The van der Waals surface area contributed by atoms with Gasteiger partial charge in [0.25, 0.3) is 0 Å². The van der Waals surface area contributed by atoms with Crippen LogP contribution >= 0.6 is 11.6 Å². The van der Waals surface area contributed by atoms with E-state index in [2.05, 4.69) is 4.98 Å². The quantitative estimate of drug-likeness (QED) is 0.895. The Bertz CT molecular complexity index is 637. The fraction of sp³-hybridized carbons (Fsp3) is 0.0714. The molecule has 0 bridgehead atoms. The number of aromatic nitrogens is 1. The average Bonchev–Trinajstić information content (AvgIpc) is 2.71. The second-order valence-corrected chi connectivity index (χ2v) is 4.50. The molecule has 1 aromatic heterocycles. The molecule has 0 radical (unpaired) electrons. The summed E-state index contributed by atoms with van der Waals surface area (Å²) in [5, 5.41) is 0.782. The fourth-order valence-electron chi connectivity index (χ4n) is 1.96. The predicted octanol–water partition coefficient (Wildman–Crippen LogP) is 3.59. The highest BCUT2D eigenvalue weighted by molar-refractivity contribution is 6.49. The van der Waals surface area contributed by atoms with Crippen LogP contribution in [0.4, 0.5) is 5.82 Å². The minimum Gasteiger partial charge on any atom is -0.457 e. The Hall–Kier alpha value is -2.00. The van der Waals surface area contributed by atoms with E-state index in [1.165, 1.54) is 5.56 Å². The monoisotopic (exact) mass is 258 g/mol. The van der Waals surface area contributed by atoms with Gasteiger partial charge in [-0.2, -0.15) is 0 Å². The lowest BCUT2D eigenvalue weighted by atomic mass is 10.1. The van der Waals surface area contributed by atoms with E-state index < -0.39 is 0 Å². The number of anilines is 1. The molecule has 2 aromatic rings. The smallest absolute Gasteiger partial charge is 0.132 e. The summed E-state index contributed by atoms with van der Waals surface area (Å²) >= 11 is 6.12. The molecule has 90 valence electrons. The van der Waals surface area contributed by atoms with Crippen LogP contribution in [-0.2, 0) is 6.42 Å². The molecular formula is C14H11ClN2O. The zero-order valence-electron chi connectivity index (χ0n) is 9.56. The molecule has 18 heavy (non-hydrogen) atoms. The first kappa shape index (κ1) is 11.1. The van der Waals surface area contributed by atoms with Gasteiger partial charge in [-0.05, 0) is 35.7 Å². The molecule has 1 heterocycles. The van der Waals surface area contributed by atoms with Crippen molar-refractivity contribution in [1.29, 1.82) is 0 Å². The molecule has 3 nitrogen and oxygen atoms in total. The van der Waals surface area contributed by atoms with Crippen molar-refractivity contribution in [1.82, 2.24) is 4.98 Å². The number of ether oxygens (including phenoxy) is 1. The first-order chi connectivity index (χ1) is 8.72. The van der Waals surface area contributed by atoms with E-state index in [0.29, 0.717) is 11.6 Å². The van der Waals surface area contributed by atoms with E-state index in [1.807, 2.05) is 24.3 Å². The number of rotatable bonds is 2. The van der Waals surface area contributed by atoms with Gasteiger partial charge in [0.05, 0.1) is 0 Å². The van der Waals surface area contributed by atoms with Crippen molar-refractivity contribution in [2.75, 3.05) is 5.73 Å². The van der Waals surface area contributed by atoms with Gasteiger partial charge < -0.3 is 10.5 Å². The average molecular weight is 259 g/mol. The molecule has 1 aromatic carbocycles. The lowest BCUT2D eigenvalue weighted by Gasteiger charge is -2.08. The van der Waals surface area contributed by atoms with Gasteiger partial charge >= 0.3 is 0 Å². The van der Waals surface area contributed by atoms with Crippen LogP contribution in [0.1, 0.15) is 11.1 Å². The fourth-order valence-corrected chi connectivity index (χ4v) is 2.21. The van der Waals surface area contributed by atoms with Gasteiger partial charge in [-0.15, -0.1) is 0 Å². The third-order valence-corrected chi connectivity index (χ3v) is 3.19. The van der Waals surface area contributed by atoms with Gasteiger partial charge in [0, 0.05) is 17.3 Å². The maximum atomic E-state index is 6.12. The molecule has 0 unspecified atom stereocenters. The third kappa shape index (κ3) is 2.05. The van der Waals surface area contributed by atoms with Gasteiger partial charge in [0.15, 0.2) is 0 Å². The topological polar surface area (TPSA) is 48.1 Å². The zero-order chi connectivity index (χ0) is 12.5. The highest BCUT2D eigenvalue weighted by Gasteiger charge is 2.13. The molecule has 0 aliphatic heterocycles. The minimum atomic E-state index is 0.437. The Kier molecular flexibility index (Phi) is 2.68. The van der Waals surface area contributed by atoms with Crippen molar-refractivity contribution < 1.29 is 4.74 Å². The number of fused-ring (bicyclic) bond motifs is 1. The highest BCUT2D eigenvalue weighted by atomic mass is 35.5. The SMILES string of the molecule is Nc1cc(Oc2ccc3c(c2)C(Cl)=CC3)ccn1. The normalized spacial score (nSPS) is 13.1. The zero-order valence-corrected chi connectivity index (χ0v) is 10.3. The summed E-state index contributed by atoms with van der Waals surface area (Å²) in [5.74, 6) is 1.85. The second-order valence-electron chi connectivity index (χ2n) is 4.09. The van der Waals surface area contributed by atoms with Crippen LogP contribution in [0.25, 0.3) is 5.03 Å². The van der Waals surface area contributed by atoms with E-state index in [-0.39, 0.29) is 0 Å². The van der Waals surface area contributed by atoms with Gasteiger partial charge in [-0.25, -0.2) is 4.98 Å². The summed E-state index contributed by atoms with van der Waals surface area (Å²) in [5.41, 5.74) is 7.86. The van der Waals surface area contributed by atoms with Crippen LogP contribution in [-0.4, -0.2) is 4.98 Å². The number of hydrogen-bond donors (Lipinski definition) is 1. The van der Waals surface area contributed by atoms with Crippen LogP contribution in [0, 0.1) is 0 Å². The first-order valence-corrected chi connectivity index (χ1v) is 5.98. The molecule has 0 saturated carbocycles. The van der Waals surface area contributed by atoms with Gasteiger partial charge in [-0.3, -0.25) is 0 Å². The van der Waals surface area contributed by atoms with E-state index >= 15 is 0 Å². The minimum absolute atomic E-state index is 0.437. The van der Waals surface area contributed by atoms with Crippen molar-refractivity contribution in [3.63, 3.8) is 0 Å². The molecule has 0 atom stereocenters. The third-order valence-electron chi connectivity index (χ3n) is 2.83. The Balaban J connectivity index is 1.90. The molecule has 3 rings (SSSR count). The van der Waals surface area contributed by atoms with Gasteiger partial charge in [0.2, 0.25) is 0 Å². The number of benzene rings is 1. The lowest BCUT2D eigenvalue weighted by molar-refractivity contribution is 0.482. The Labute approximate surface area is 110 Å². The van der Waals surface area contributed by atoms with E-state index in [1.54, 1.807) is 18.3 Å². The van der Waals surface area contributed by atoms with Gasteiger partial charge in [-0.1, -0.05) is 23.7 Å². The summed E-state index contributed by atoms with van der Waals surface area (Å²) in [6.45, 7) is 0. The Morgan fingerprint density at radius 3 is 2.83 bits per heavy atom. The van der Waals surface area contributed by atoms with Crippen molar-refractivity contribution in [2.24, 2.45) is 0 Å².